The van der Waals surface area contributed by atoms with Crippen LogP contribution in [0.15, 0.2) is 53.7 Å². The lowest BCUT2D eigenvalue weighted by Crippen LogP contribution is -2.40. The SMILES string of the molecule is C[C@@H](C(=O)N1CCCc2ccccc21)n1c(S(C)(=O)=O)nc2ccccc21. The number of fused-ring (bicyclic) bond motifs is 2. The second kappa shape index (κ2) is 6.49. The highest BCUT2D eigenvalue weighted by Gasteiger charge is 2.31. The number of hydrogen-bond acceptors (Lipinski definition) is 4. The van der Waals surface area contributed by atoms with Crippen molar-refractivity contribution in [2.45, 2.75) is 31.0 Å². The fourth-order valence-corrected chi connectivity index (χ4v) is 4.63. The van der Waals surface area contributed by atoms with Crippen molar-refractivity contribution in [3.05, 3.63) is 54.1 Å². The fourth-order valence-electron chi connectivity index (χ4n) is 3.76. The molecule has 0 saturated carbocycles. The third-order valence-electron chi connectivity index (χ3n) is 5.02. The Morgan fingerprint density at radius 3 is 2.59 bits per heavy atom. The molecular weight excluding hydrogens is 362 g/mol. The van der Waals surface area contributed by atoms with E-state index < -0.39 is 15.9 Å². The molecule has 3 aromatic rings. The molecule has 6 nitrogen and oxygen atoms in total. The van der Waals surface area contributed by atoms with E-state index in [1.54, 1.807) is 34.6 Å². The maximum absolute atomic E-state index is 13.4. The molecule has 1 amide bonds. The molecule has 0 aliphatic carbocycles. The summed E-state index contributed by atoms with van der Waals surface area (Å²) in [5.74, 6) is -0.129. The molecule has 0 radical (unpaired) electrons. The molecule has 0 bridgehead atoms. The summed E-state index contributed by atoms with van der Waals surface area (Å²) in [6.07, 6.45) is 2.95. The van der Waals surface area contributed by atoms with Crippen molar-refractivity contribution in [3.8, 4) is 0 Å². The van der Waals surface area contributed by atoms with Gasteiger partial charge in [0.2, 0.25) is 20.9 Å². The second-order valence-corrected chi connectivity index (χ2v) is 8.83. The van der Waals surface area contributed by atoms with Crippen LogP contribution in [0.25, 0.3) is 11.0 Å². The topological polar surface area (TPSA) is 72.3 Å². The third-order valence-corrected chi connectivity index (χ3v) is 5.97. The van der Waals surface area contributed by atoms with Gasteiger partial charge in [-0.25, -0.2) is 13.4 Å². The van der Waals surface area contributed by atoms with Gasteiger partial charge in [-0.1, -0.05) is 30.3 Å². The molecule has 0 unspecified atom stereocenters. The first-order valence-corrected chi connectivity index (χ1v) is 10.8. The van der Waals surface area contributed by atoms with E-state index in [4.69, 9.17) is 0 Å². The summed E-state index contributed by atoms with van der Waals surface area (Å²) in [6, 6.07) is 14.4. The Balaban J connectivity index is 1.82. The maximum atomic E-state index is 13.4. The van der Waals surface area contributed by atoms with Gasteiger partial charge < -0.3 is 9.47 Å². The summed E-state index contributed by atoms with van der Waals surface area (Å²) in [4.78, 5) is 19.4. The normalized spacial score (nSPS) is 15.6. The molecule has 7 heteroatoms. The first kappa shape index (κ1) is 17.7. The largest absolute Gasteiger partial charge is 0.310 e. The summed E-state index contributed by atoms with van der Waals surface area (Å²) >= 11 is 0. The van der Waals surface area contributed by atoms with Crippen LogP contribution in [0.3, 0.4) is 0 Å². The number of aryl methyl sites for hydroxylation is 1. The lowest BCUT2D eigenvalue weighted by Gasteiger charge is -2.32. The van der Waals surface area contributed by atoms with E-state index in [1.165, 1.54) is 0 Å². The maximum Gasteiger partial charge on any atom is 0.249 e. The molecule has 0 spiro atoms. The zero-order chi connectivity index (χ0) is 19.2. The Kier molecular flexibility index (Phi) is 4.26. The Bertz CT molecular complexity index is 1130. The molecule has 27 heavy (non-hydrogen) atoms. The van der Waals surface area contributed by atoms with Crippen LogP contribution >= 0.6 is 0 Å². The number of amides is 1. The minimum absolute atomic E-state index is 0.0742. The smallest absolute Gasteiger partial charge is 0.249 e. The number of sulfone groups is 1. The monoisotopic (exact) mass is 383 g/mol. The van der Waals surface area contributed by atoms with E-state index in [0.29, 0.717) is 17.6 Å². The van der Waals surface area contributed by atoms with Gasteiger partial charge in [0.1, 0.15) is 6.04 Å². The number of nitrogens with zero attached hydrogens (tertiary/aromatic N) is 3. The van der Waals surface area contributed by atoms with Crippen molar-refractivity contribution < 1.29 is 13.2 Å². The molecule has 0 N–H and O–H groups in total. The average molecular weight is 383 g/mol. The van der Waals surface area contributed by atoms with Gasteiger partial charge in [0.05, 0.1) is 11.0 Å². The number of aromatic nitrogens is 2. The fraction of sp³-hybridized carbons (Fsp3) is 0.300. The Morgan fingerprint density at radius 2 is 1.81 bits per heavy atom. The predicted molar refractivity (Wildman–Crippen MR) is 105 cm³/mol. The van der Waals surface area contributed by atoms with Crippen LogP contribution in [0, 0.1) is 0 Å². The van der Waals surface area contributed by atoms with Crippen molar-refractivity contribution in [1.82, 2.24) is 9.55 Å². The molecule has 1 aliphatic rings. The van der Waals surface area contributed by atoms with Crippen molar-refractivity contribution in [2.24, 2.45) is 0 Å². The van der Waals surface area contributed by atoms with Crippen LogP contribution in [-0.2, 0) is 21.1 Å². The number of anilines is 1. The highest BCUT2D eigenvalue weighted by molar-refractivity contribution is 7.90. The van der Waals surface area contributed by atoms with Crippen LogP contribution in [0.4, 0.5) is 5.69 Å². The van der Waals surface area contributed by atoms with E-state index in [0.717, 1.165) is 30.3 Å². The first-order valence-electron chi connectivity index (χ1n) is 8.94. The van der Waals surface area contributed by atoms with E-state index in [-0.39, 0.29) is 11.1 Å². The van der Waals surface area contributed by atoms with Crippen LogP contribution in [0.1, 0.15) is 24.9 Å². The summed E-state index contributed by atoms with van der Waals surface area (Å²) in [5.41, 5.74) is 3.26. The van der Waals surface area contributed by atoms with Gasteiger partial charge in [0.15, 0.2) is 0 Å². The molecule has 0 saturated heterocycles. The number of carbonyl (C=O) groups excluding carboxylic acids is 1. The van der Waals surface area contributed by atoms with Crippen molar-refractivity contribution >= 4 is 32.5 Å². The Labute approximate surface area is 158 Å². The number of imidazole rings is 1. The summed E-state index contributed by atoms with van der Waals surface area (Å²) < 4.78 is 26.2. The van der Waals surface area contributed by atoms with Gasteiger partial charge in [-0.2, -0.15) is 0 Å². The number of hydrogen-bond donors (Lipinski definition) is 0. The van der Waals surface area contributed by atoms with Gasteiger partial charge in [0.25, 0.3) is 0 Å². The minimum atomic E-state index is -3.58. The van der Waals surface area contributed by atoms with E-state index in [9.17, 15) is 13.2 Å². The molecule has 1 aliphatic heterocycles. The predicted octanol–water partition coefficient (Wildman–Crippen LogP) is 2.98. The lowest BCUT2D eigenvalue weighted by atomic mass is 10.0. The van der Waals surface area contributed by atoms with Gasteiger partial charge in [-0.3, -0.25) is 4.79 Å². The molecule has 1 atom stereocenters. The van der Waals surface area contributed by atoms with Crippen LogP contribution in [0.2, 0.25) is 0 Å². The van der Waals surface area contributed by atoms with Gasteiger partial charge >= 0.3 is 0 Å². The van der Waals surface area contributed by atoms with Gasteiger partial charge in [-0.05, 0) is 43.5 Å². The van der Waals surface area contributed by atoms with E-state index >= 15 is 0 Å². The highest BCUT2D eigenvalue weighted by Crippen LogP contribution is 2.31. The van der Waals surface area contributed by atoms with Crippen LogP contribution in [0.5, 0.6) is 0 Å². The first-order chi connectivity index (χ1) is 12.9. The molecule has 4 rings (SSSR count). The van der Waals surface area contributed by atoms with Crippen LogP contribution in [-0.4, -0.2) is 36.7 Å². The molecule has 2 heterocycles. The minimum Gasteiger partial charge on any atom is -0.310 e. The van der Waals surface area contributed by atoms with Gasteiger partial charge in [0, 0.05) is 18.5 Å². The number of rotatable bonds is 3. The summed E-state index contributed by atoms with van der Waals surface area (Å²) in [7, 11) is -3.58. The Hall–Kier alpha value is -2.67. The highest BCUT2D eigenvalue weighted by atomic mass is 32.2. The van der Waals surface area contributed by atoms with Gasteiger partial charge in [-0.15, -0.1) is 0 Å². The zero-order valence-electron chi connectivity index (χ0n) is 15.3. The van der Waals surface area contributed by atoms with Crippen molar-refractivity contribution in [1.29, 1.82) is 0 Å². The average Bonchev–Trinajstić information content (AvgIpc) is 3.06. The number of benzene rings is 2. The quantitative estimate of drug-likeness (QED) is 0.697. The van der Waals surface area contributed by atoms with Crippen molar-refractivity contribution in [2.75, 3.05) is 17.7 Å². The Morgan fingerprint density at radius 1 is 1.11 bits per heavy atom. The molecule has 140 valence electrons. The van der Waals surface area contributed by atoms with E-state index in [1.807, 2.05) is 30.3 Å². The summed E-state index contributed by atoms with van der Waals surface area (Å²) in [6.45, 7) is 2.36. The second-order valence-electron chi connectivity index (χ2n) is 6.92. The molecular formula is C20H21N3O3S. The third kappa shape index (κ3) is 3.02. The number of para-hydroxylation sites is 3. The summed E-state index contributed by atoms with van der Waals surface area (Å²) in [5, 5.41) is -0.0742. The van der Waals surface area contributed by atoms with Crippen LogP contribution < -0.4 is 4.90 Å². The van der Waals surface area contributed by atoms with Crippen molar-refractivity contribution in [3.63, 3.8) is 0 Å². The molecule has 1 aromatic heterocycles. The molecule has 0 fully saturated rings. The lowest BCUT2D eigenvalue weighted by molar-refractivity contribution is -0.121. The zero-order valence-corrected chi connectivity index (χ0v) is 16.1. The van der Waals surface area contributed by atoms with E-state index in [2.05, 4.69) is 4.98 Å². The standard InChI is InChI=1S/C20H21N3O3S/c1-14(19(24)22-13-7-9-15-8-3-5-11-17(15)22)23-18-12-6-4-10-16(18)21-20(23)27(2,25)26/h3-6,8,10-12,14H,7,9,13H2,1-2H3/t14-/m0/s1. The number of carbonyl (C=O) groups is 1. The molecule has 2 aromatic carbocycles.